The Labute approximate surface area is 199 Å². The van der Waals surface area contributed by atoms with Crippen molar-refractivity contribution in [2.75, 3.05) is 10.9 Å². The molecule has 1 atom stereocenters. The molecule has 7 nitrogen and oxygen atoms in total. The quantitative estimate of drug-likeness (QED) is 0.306. The van der Waals surface area contributed by atoms with E-state index < -0.39 is 29.5 Å². The summed E-state index contributed by atoms with van der Waals surface area (Å²) < 4.78 is 5.26. The maximum atomic E-state index is 12.9. The van der Waals surface area contributed by atoms with Gasteiger partial charge in [-0.2, -0.15) is 0 Å². The van der Waals surface area contributed by atoms with Crippen LogP contribution < -0.4 is 10.4 Å². The zero-order valence-corrected chi connectivity index (χ0v) is 19.7. The number of ether oxygens (including phenoxy) is 1. The van der Waals surface area contributed by atoms with Gasteiger partial charge < -0.3 is 9.84 Å². The van der Waals surface area contributed by atoms with E-state index >= 15 is 0 Å². The first-order chi connectivity index (χ1) is 15.6. The number of nitrogens with zero attached hydrogens (tertiary/aromatic N) is 1. The Morgan fingerprint density at radius 3 is 2.27 bits per heavy atom. The predicted molar refractivity (Wildman–Crippen MR) is 129 cm³/mol. The van der Waals surface area contributed by atoms with E-state index in [1.165, 1.54) is 6.08 Å². The molecule has 33 heavy (non-hydrogen) atoms. The Morgan fingerprint density at radius 1 is 1.09 bits per heavy atom. The van der Waals surface area contributed by atoms with Crippen LogP contribution >= 0.6 is 11.6 Å². The molecule has 0 spiro atoms. The van der Waals surface area contributed by atoms with E-state index in [1.54, 1.807) is 81.4 Å². The van der Waals surface area contributed by atoms with Gasteiger partial charge in [0, 0.05) is 12.0 Å². The van der Waals surface area contributed by atoms with Crippen molar-refractivity contribution in [2.24, 2.45) is 0 Å². The number of para-hydroxylation sites is 1. The largest absolute Gasteiger partial charge is 0.481 e. The fourth-order valence-corrected chi connectivity index (χ4v) is 3.17. The van der Waals surface area contributed by atoms with Gasteiger partial charge in [0.15, 0.2) is 0 Å². The van der Waals surface area contributed by atoms with Crippen molar-refractivity contribution in [3.63, 3.8) is 0 Å². The third kappa shape index (κ3) is 8.61. The first-order valence-electron chi connectivity index (χ1n) is 10.6. The minimum absolute atomic E-state index is 0.405. The van der Waals surface area contributed by atoms with Crippen LogP contribution in [0, 0.1) is 0 Å². The molecule has 2 rings (SSSR count). The van der Waals surface area contributed by atoms with Crippen LogP contribution in [0.4, 0.5) is 10.5 Å². The molecule has 176 valence electrons. The number of halogens is 1. The van der Waals surface area contributed by atoms with Crippen molar-refractivity contribution in [3.05, 3.63) is 71.8 Å². The molecule has 2 N–H and O–H groups in total. The van der Waals surface area contributed by atoms with Crippen LogP contribution in [-0.4, -0.2) is 34.6 Å². The number of anilines is 1. The number of carboxylic acids is 1. The van der Waals surface area contributed by atoms with Crippen molar-refractivity contribution in [1.29, 1.82) is 0 Å². The Kier molecular flexibility index (Phi) is 9.48. The van der Waals surface area contributed by atoms with E-state index in [-0.39, 0.29) is 0 Å². The molecular weight excluding hydrogens is 444 g/mol. The Hall–Kier alpha value is -3.32. The van der Waals surface area contributed by atoms with Gasteiger partial charge >= 0.3 is 12.1 Å². The summed E-state index contributed by atoms with van der Waals surface area (Å²) in [7, 11) is 0. The van der Waals surface area contributed by atoms with Crippen LogP contribution in [0.2, 0.25) is 0 Å². The zero-order chi connectivity index (χ0) is 24.4. The molecule has 0 saturated heterocycles. The maximum Gasteiger partial charge on any atom is 0.427 e. The zero-order valence-electron chi connectivity index (χ0n) is 19.0. The predicted octanol–water partition coefficient (Wildman–Crippen LogP) is 5.36. The fourth-order valence-electron chi connectivity index (χ4n) is 3.01. The van der Waals surface area contributed by atoms with E-state index in [1.807, 2.05) is 0 Å². The molecular formula is C25H29ClN2O5. The first kappa shape index (κ1) is 25.9. The van der Waals surface area contributed by atoms with Gasteiger partial charge in [-0.1, -0.05) is 42.5 Å². The summed E-state index contributed by atoms with van der Waals surface area (Å²) in [6, 6.07) is 15.6. The molecule has 0 aliphatic carbocycles. The lowest BCUT2D eigenvalue weighted by molar-refractivity contribution is -0.139. The van der Waals surface area contributed by atoms with Gasteiger partial charge in [-0.15, -0.1) is 11.6 Å². The van der Waals surface area contributed by atoms with Crippen molar-refractivity contribution < 1.29 is 24.2 Å². The summed E-state index contributed by atoms with van der Waals surface area (Å²) in [5, 5.41) is 10.6. The Bertz CT molecular complexity index is 969. The topological polar surface area (TPSA) is 95.9 Å². The number of hydrogen-bond donors (Lipinski definition) is 2. The lowest BCUT2D eigenvalue weighted by Gasteiger charge is -2.25. The molecule has 8 heteroatoms. The number of aliphatic carboxylic acids is 1. The van der Waals surface area contributed by atoms with Crippen LogP contribution in [-0.2, 0) is 14.3 Å². The SMILES string of the molecule is CC(C)(C)OC(=O)NN(C(=O)C=Cc1ccc(C(CCCCl)C(=O)O)cc1)c1ccccc1. The molecule has 0 radical (unpaired) electrons. The summed E-state index contributed by atoms with van der Waals surface area (Å²) in [5.41, 5.74) is 3.61. The second-order valence-corrected chi connectivity index (χ2v) is 8.72. The summed E-state index contributed by atoms with van der Waals surface area (Å²) in [6.07, 6.45) is 3.22. The number of hydrazine groups is 1. The second kappa shape index (κ2) is 12.1. The highest BCUT2D eigenvalue weighted by molar-refractivity contribution is 6.17. The lowest BCUT2D eigenvalue weighted by Crippen LogP contribution is -2.47. The highest BCUT2D eigenvalue weighted by atomic mass is 35.5. The van der Waals surface area contributed by atoms with Gasteiger partial charge in [-0.3, -0.25) is 9.59 Å². The first-order valence-corrected chi connectivity index (χ1v) is 11.1. The van der Waals surface area contributed by atoms with Crippen LogP contribution in [0.15, 0.2) is 60.7 Å². The Balaban J connectivity index is 2.16. The van der Waals surface area contributed by atoms with Crippen LogP contribution in [0.3, 0.4) is 0 Å². The number of carboxylic acid groups (broad SMARTS) is 1. The third-order valence-electron chi connectivity index (χ3n) is 4.52. The van der Waals surface area contributed by atoms with Gasteiger partial charge in [0.25, 0.3) is 5.91 Å². The van der Waals surface area contributed by atoms with Gasteiger partial charge in [0.05, 0.1) is 11.6 Å². The van der Waals surface area contributed by atoms with Crippen LogP contribution in [0.25, 0.3) is 6.08 Å². The molecule has 0 heterocycles. The smallest absolute Gasteiger partial charge is 0.427 e. The number of hydrogen-bond acceptors (Lipinski definition) is 4. The number of nitrogens with one attached hydrogen (secondary N) is 1. The molecule has 2 amide bonds. The number of carbonyl (C=O) groups is 3. The molecule has 2 aromatic rings. The van der Waals surface area contributed by atoms with Gasteiger partial charge in [-0.25, -0.2) is 15.2 Å². The third-order valence-corrected chi connectivity index (χ3v) is 4.79. The fraction of sp³-hybridized carbons (Fsp3) is 0.320. The number of amides is 2. The average molecular weight is 473 g/mol. The minimum Gasteiger partial charge on any atom is -0.481 e. The average Bonchev–Trinajstić information content (AvgIpc) is 2.76. The summed E-state index contributed by atoms with van der Waals surface area (Å²) in [5.74, 6) is -1.61. The van der Waals surface area contributed by atoms with Crippen molar-refractivity contribution in [1.82, 2.24) is 5.43 Å². The van der Waals surface area contributed by atoms with Crippen LogP contribution in [0.5, 0.6) is 0 Å². The molecule has 0 bridgehead atoms. The molecule has 1 unspecified atom stereocenters. The monoisotopic (exact) mass is 472 g/mol. The minimum atomic E-state index is -0.898. The van der Waals surface area contributed by atoms with E-state index in [2.05, 4.69) is 5.43 Å². The molecule has 0 fully saturated rings. The van der Waals surface area contributed by atoms with E-state index in [0.717, 1.165) is 5.01 Å². The molecule has 0 aromatic heterocycles. The van der Waals surface area contributed by atoms with Gasteiger partial charge in [-0.05, 0) is 62.9 Å². The van der Waals surface area contributed by atoms with Crippen molar-refractivity contribution in [3.8, 4) is 0 Å². The number of rotatable bonds is 8. The molecule has 2 aromatic carbocycles. The van der Waals surface area contributed by atoms with Crippen LogP contribution in [0.1, 0.15) is 50.7 Å². The highest BCUT2D eigenvalue weighted by Gasteiger charge is 2.22. The number of benzene rings is 2. The highest BCUT2D eigenvalue weighted by Crippen LogP contribution is 2.23. The van der Waals surface area contributed by atoms with Crippen molar-refractivity contribution >= 4 is 41.3 Å². The standard InChI is InChI=1S/C25H29ClN2O5/c1-25(2,3)33-24(32)27-28(20-8-5-4-6-9-20)22(29)16-13-18-11-14-19(15-12-18)21(23(30)31)10-7-17-26/h4-6,8-9,11-16,21H,7,10,17H2,1-3H3,(H,27,32)(H,30,31). The second-order valence-electron chi connectivity index (χ2n) is 8.34. The van der Waals surface area contributed by atoms with E-state index in [9.17, 15) is 19.5 Å². The van der Waals surface area contributed by atoms with E-state index in [4.69, 9.17) is 16.3 Å². The molecule has 0 saturated carbocycles. The maximum absolute atomic E-state index is 12.9. The summed E-state index contributed by atoms with van der Waals surface area (Å²) >= 11 is 5.69. The summed E-state index contributed by atoms with van der Waals surface area (Å²) in [4.78, 5) is 36.7. The normalized spacial score (nSPS) is 12.2. The molecule has 0 aliphatic heterocycles. The summed E-state index contributed by atoms with van der Waals surface area (Å²) in [6.45, 7) is 5.19. The Morgan fingerprint density at radius 2 is 1.73 bits per heavy atom. The molecule has 0 aliphatic rings. The van der Waals surface area contributed by atoms with Gasteiger partial charge in [0.1, 0.15) is 5.60 Å². The van der Waals surface area contributed by atoms with Gasteiger partial charge in [0.2, 0.25) is 0 Å². The number of alkyl halides is 1. The van der Waals surface area contributed by atoms with E-state index in [0.29, 0.717) is 35.5 Å². The number of carbonyl (C=O) groups excluding carboxylic acids is 2. The van der Waals surface area contributed by atoms with Crippen molar-refractivity contribution in [2.45, 2.75) is 45.1 Å². The lowest BCUT2D eigenvalue weighted by atomic mass is 9.94.